The minimum absolute atomic E-state index is 0.259. The molecule has 1 aliphatic rings. The van der Waals surface area contributed by atoms with E-state index in [-0.39, 0.29) is 11.8 Å². The van der Waals surface area contributed by atoms with Gasteiger partial charge in [0.2, 0.25) is 5.91 Å². The van der Waals surface area contributed by atoms with Crippen LogP contribution in [0, 0.1) is 0 Å². The molecule has 0 aromatic heterocycles. The number of unbranched alkanes of at least 4 members (excludes halogenated alkanes) is 2. The number of amides is 2. The Bertz CT molecular complexity index is 900. The number of carbonyl (C=O) groups excluding carboxylic acids is 2. The molecule has 0 radical (unpaired) electrons. The maximum atomic E-state index is 13.0. The maximum absolute atomic E-state index is 13.0. The van der Waals surface area contributed by atoms with Crippen LogP contribution in [-0.4, -0.2) is 18.4 Å². The molecule has 0 fully saturated rings. The molecule has 29 heavy (non-hydrogen) atoms. The van der Waals surface area contributed by atoms with Gasteiger partial charge in [-0.2, -0.15) is 0 Å². The van der Waals surface area contributed by atoms with Crippen LogP contribution in [0.2, 0.25) is 10.0 Å². The van der Waals surface area contributed by atoms with E-state index in [1.54, 1.807) is 17.0 Å². The summed E-state index contributed by atoms with van der Waals surface area (Å²) in [5.74, 6) is 0.233. The third-order valence-electron chi connectivity index (χ3n) is 4.81. The van der Waals surface area contributed by atoms with Crippen molar-refractivity contribution < 1.29 is 14.3 Å². The SMILES string of the molecule is CCCCCOc1ccc(CN2C(=O)C(NC(C)=O)c3c(Cl)ccc(Cl)c32)cc1. The van der Waals surface area contributed by atoms with Gasteiger partial charge in [-0.25, -0.2) is 0 Å². The fourth-order valence-corrected chi connectivity index (χ4v) is 3.93. The normalized spacial score (nSPS) is 15.4. The van der Waals surface area contributed by atoms with Crippen LogP contribution in [0.3, 0.4) is 0 Å². The zero-order valence-corrected chi connectivity index (χ0v) is 18.0. The second-order valence-electron chi connectivity index (χ2n) is 7.05. The Labute approximate surface area is 180 Å². The maximum Gasteiger partial charge on any atom is 0.254 e. The van der Waals surface area contributed by atoms with Gasteiger partial charge < -0.3 is 15.0 Å². The third kappa shape index (κ3) is 4.85. The van der Waals surface area contributed by atoms with Crippen molar-refractivity contribution in [2.75, 3.05) is 11.5 Å². The molecule has 1 heterocycles. The second kappa shape index (κ2) is 9.51. The highest BCUT2D eigenvalue weighted by molar-refractivity contribution is 6.38. The fourth-order valence-electron chi connectivity index (χ4n) is 3.41. The lowest BCUT2D eigenvalue weighted by molar-refractivity contribution is -0.126. The van der Waals surface area contributed by atoms with Gasteiger partial charge in [0.1, 0.15) is 11.8 Å². The van der Waals surface area contributed by atoms with E-state index in [0.717, 1.165) is 30.6 Å². The average Bonchev–Trinajstić information content (AvgIpc) is 2.96. The molecule has 5 nitrogen and oxygen atoms in total. The van der Waals surface area contributed by atoms with Crippen LogP contribution in [0.5, 0.6) is 5.75 Å². The van der Waals surface area contributed by atoms with E-state index in [1.807, 2.05) is 24.3 Å². The first-order valence-electron chi connectivity index (χ1n) is 9.70. The number of nitrogens with one attached hydrogen (secondary N) is 1. The minimum atomic E-state index is -0.838. The van der Waals surface area contributed by atoms with E-state index >= 15 is 0 Å². The molecule has 1 N–H and O–H groups in total. The molecule has 0 bridgehead atoms. The number of carbonyl (C=O) groups is 2. The van der Waals surface area contributed by atoms with E-state index in [2.05, 4.69) is 12.2 Å². The fraction of sp³-hybridized carbons (Fsp3) is 0.364. The summed E-state index contributed by atoms with van der Waals surface area (Å²) in [4.78, 5) is 26.2. The van der Waals surface area contributed by atoms with Crippen LogP contribution in [0.4, 0.5) is 5.69 Å². The van der Waals surface area contributed by atoms with E-state index in [4.69, 9.17) is 27.9 Å². The van der Waals surface area contributed by atoms with E-state index < -0.39 is 6.04 Å². The van der Waals surface area contributed by atoms with Crippen LogP contribution >= 0.6 is 23.2 Å². The van der Waals surface area contributed by atoms with Crippen molar-refractivity contribution in [1.82, 2.24) is 5.32 Å². The summed E-state index contributed by atoms with van der Waals surface area (Å²) < 4.78 is 5.74. The third-order valence-corrected chi connectivity index (χ3v) is 5.45. The summed E-state index contributed by atoms with van der Waals surface area (Å²) >= 11 is 12.7. The molecule has 2 amide bonds. The Hall–Kier alpha value is -2.24. The first-order chi connectivity index (χ1) is 13.9. The van der Waals surface area contributed by atoms with Crippen LogP contribution in [0.1, 0.15) is 50.3 Å². The Balaban J connectivity index is 1.80. The number of fused-ring (bicyclic) bond motifs is 1. The zero-order chi connectivity index (χ0) is 21.0. The molecular weight excluding hydrogens is 411 g/mol. The highest BCUT2D eigenvalue weighted by atomic mass is 35.5. The molecule has 3 rings (SSSR count). The van der Waals surface area contributed by atoms with E-state index in [0.29, 0.717) is 34.4 Å². The summed E-state index contributed by atoms with van der Waals surface area (Å²) in [6, 6.07) is 10.1. The van der Waals surface area contributed by atoms with Gasteiger partial charge in [-0.15, -0.1) is 0 Å². The standard InChI is InChI=1S/C22H24Cl2N2O3/c1-3-4-5-12-29-16-8-6-15(7-9-16)13-26-21-18(24)11-10-17(23)19(21)20(22(26)28)25-14(2)27/h6-11,20H,3-5,12-13H2,1-2H3,(H,25,27). The molecule has 1 unspecified atom stereocenters. The van der Waals surface area contributed by atoms with Crippen molar-refractivity contribution in [3.8, 4) is 5.75 Å². The molecule has 0 aliphatic carbocycles. The quantitative estimate of drug-likeness (QED) is 0.574. The van der Waals surface area contributed by atoms with Crippen molar-refractivity contribution in [2.45, 2.75) is 45.7 Å². The Morgan fingerprint density at radius 1 is 1.10 bits per heavy atom. The lowest BCUT2D eigenvalue weighted by atomic mass is 10.1. The van der Waals surface area contributed by atoms with Gasteiger partial charge in [0.25, 0.3) is 5.91 Å². The molecule has 2 aromatic rings. The topological polar surface area (TPSA) is 58.6 Å². The number of rotatable bonds is 8. The zero-order valence-electron chi connectivity index (χ0n) is 16.5. The number of anilines is 1. The summed E-state index contributed by atoms with van der Waals surface area (Å²) in [6.45, 7) is 4.53. The summed E-state index contributed by atoms with van der Waals surface area (Å²) in [5.41, 5.74) is 2.00. The second-order valence-corrected chi connectivity index (χ2v) is 7.86. The predicted molar refractivity (Wildman–Crippen MR) is 116 cm³/mol. The van der Waals surface area contributed by atoms with Crippen molar-refractivity contribution in [3.05, 3.63) is 57.6 Å². The van der Waals surface area contributed by atoms with Crippen molar-refractivity contribution in [1.29, 1.82) is 0 Å². The van der Waals surface area contributed by atoms with E-state index in [9.17, 15) is 9.59 Å². The van der Waals surface area contributed by atoms with Gasteiger partial charge in [-0.05, 0) is 36.2 Å². The molecule has 0 saturated carbocycles. The Kier molecular flexibility index (Phi) is 7.04. The summed E-state index contributed by atoms with van der Waals surface area (Å²) in [7, 11) is 0. The first kappa shape index (κ1) is 21.5. The van der Waals surface area contributed by atoms with Crippen LogP contribution in [0.25, 0.3) is 0 Å². The van der Waals surface area contributed by atoms with Gasteiger partial charge in [-0.3, -0.25) is 9.59 Å². The van der Waals surface area contributed by atoms with Gasteiger partial charge >= 0.3 is 0 Å². The largest absolute Gasteiger partial charge is 0.494 e. The minimum Gasteiger partial charge on any atom is -0.494 e. The molecule has 0 spiro atoms. The van der Waals surface area contributed by atoms with Crippen molar-refractivity contribution in [2.24, 2.45) is 0 Å². The Morgan fingerprint density at radius 2 is 1.79 bits per heavy atom. The number of ether oxygens (including phenoxy) is 1. The van der Waals surface area contributed by atoms with Gasteiger partial charge in [-0.1, -0.05) is 55.1 Å². The molecule has 7 heteroatoms. The Morgan fingerprint density at radius 3 is 2.45 bits per heavy atom. The van der Waals surface area contributed by atoms with Crippen LogP contribution in [0.15, 0.2) is 36.4 Å². The van der Waals surface area contributed by atoms with Crippen LogP contribution in [-0.2, 0) is 16.1 Å². The van der Waals surface area contributed by atoms with Crippen molar-refractivity contribution in [3.63, 3.8) is 0 Å². The monoisotopic (exact) mass is 434 g/mol. The number of benzene rings is 2. The highest BCUT2D eigenvalue weighted by Gasteiger charge is 2.41. The number of halogens is 2. The number of nitrogens with zero attached hydrogens (tertiary/aromatic N) is 1. The summed E-state index contributed by atoms with van der Waals surface area (Å²) in [5, 5.41) is 3.50. The van der Waals surface area contributed by atoms with Gasteiger partial charge in [0, 0.05) is 17.5 Å². The molecule has 0 saturated heterocycles. The van der Waals surface area contributed by atoms with Crippen LogP contribution < -0.4 is 15.0 Å². The van der Waals surface area contributed by atoms with Gasteiger partial charge in [0.15, 0.2) is 0 Å². The molecule has 1 aliphatic heterocycles. The summed E-state index contributed by atoms with van der Waals surface area (Å²) in [6.07, 6.45) is 3.33. The lowest BCUT2D eigenvalue weighted by Gasteiger charge is -2.19. The smallest absolute Gasteiger partial charge is 0.254 e. The highest BCUT2D eigenvalue weighted by Crippen LogP contribution is 2.45. The number of hydrogen-bond acceptors (Lipinski definition) is 3. The van der Waals surface area contributed by atoms with Gasteiger partial charge in [0.05, 0.1) is 23.9 Å². The molecular formula is C22H24Cl2N2O3. The molecule has 2 aromatic carbocycles. The van der Waals surface area contributed by atoms with Crippen molar-refractivity contribution >= 4 is 40.7 Å². The lowest BCUT2D eigenvalue weighted by Crippen LogP contribution is -2.36. The predicted octanol–water partition coefficient (Wildman–Crippen LogP) is 5.29. The van der Waals surface area contributed by atoms with E-state index in [1.165, 1.54) is 6.92 Å². The number of hydrogen-bond donors (Lipinski definition) is 1. The first-order valence-corrected chi connectivity index (χ1v) is 10.5. The molecule has 1 atom stereocenters. The average molecular weight is 435 g/mol. The molecule has 154 valence electrons.